The van der Waals surface area contributed by atoms with Gasteiger partial charge in [0.2, 0.25) is 0 Å². The Bertz CT molecular complexity index is 325. The summed E-state index contributed by atoms with van der Waals surface area (Å²) in [5.74, 6) is -0.859. The zero-order valence-corrected chi connectivity index (χ0v) is 8.76. The normalized spacial score (nSPS) is 9.69. The Hall–Kier alpha value is -1.03. The Kier molecular flexibility index (Phi) is 3.31. The molecule has 0 aliphatic heterocycles. The summed E-state index contributed by atoms with van der Waals surface area (Å²) < 4.78 is 0.992. The number of aliphatic carboxylic acids is 1. The van der Waals surface area contributed by atoms with Crippen LogP contribution in [0.3, 0.4) is 0 Å². The molecule has 3 nitrogen and oxygen atoms in total. The molecule has 2 N–H and O–H groups in total. The van der Waals surface area contributed by atoms with E-state index in [1.807, 2.05) is 25.1 Å². The minimum atomic E-state index is -0.859. The number of aryl methyl sites for hydroxylation is 1. The molecule has 1 rings (SSSR count). The topological polar surface area (TPSA) is 49.3 Å². The lowest BCUT2D eigenvalue weighted by molar-refractivity contribution is -0.134. The van der Waals surface area contributed by atoms with Crippen LogP contribution < -0.4 is 5.32 Å². The van der Waals surface area contributed by atoms with Gasteiger partial charge < -0.3 is 10.4 Å². The van der Waals surface area contributed by atoms with E-state index in [-0.39, 0.29) is 6.54 Å². The van der Waals surface area contributed by atoms with Gasteiger partial charge in [-0.2, -0.15) is 0 Å². The predicted molar refractivity (Wildman–Crippen MR) is 55.0 cm³/mol. The molecule has 0 unspecified atom stereocenters. The van der Waals surface area contributed by atoms with Crippen molar-refractivity contribution in [3.8, 4) is 0 Å². The molecule has 0 atom stereocenters. The standard InChI is InChI=1S/C9H10BrNO2/c1-6-4-7(10)2-3-8(6)11-5-9(12)13/h2-4,11H,5H2,1H3,(H,12,13). The molecule has 0 saturated heterocycles. The number of carboxylic acid groups (broad SMARTS) is 1. The zero-order valence-electron chi connectivity index (χ0n) is 7.17. The van der Waals surface area contributed by atoms with Crippen LogP contribution >= 0.6 is 15.9 Å². The van der Waals surface area contributed by atoms with Crippen molar-refractivity contribution in [3.63, 3.8) is 0 Å². The van der Waals surface area contributed by atoms with Crippen molar-refractivity contribution >= 4 is 27.6 Å². The van der Waals surface area contributed by atoms with E-state index in [1.54, 1.807) is 0 Å². The predicted octanol–water partition coefficient (Wildman–Crippen LogP) is 2.25. The lowest BCUT2D eigenvalue weighted by Gasteiger charge is -2.06. The first-order valence-electron chi connectivity index (χ1n) is 3.81. The fraction of sp³-hybridized carbons (Fsp3) is 0.222. The first kappa shape index (κ1) is 10.1. The molecular weight excluding hydrogens is 234 g/mol. The van der Waals surface area contributed by atoms with Crippen LogP contribution in [0.2, 0.25) is 0 Å². The van der Waals surface area contributed by atoms with Crippen LogP contribution in [0.1, 0.15) is 5.56 Å². The number of halogens is 1. The van der Waals surface area contributed by atoms with Crippen LogP contribution in [0.25, 0.3) is 0 Å². The van der Waals surface area contributed by atoms with Crippen molar-refractivity contribution < 1.29 is 9.90 Å². The fourth-order valence-electron chi connectivity index (χ4n) is 0.996. The molecule has 0 fully saturated rings. The lowest BCUT2D eigenvalue weighted by Crippen LogP contribution is -2.12. The van der Waals surface area contributed by atoms with E-state index < -0.39 is 5.97 Å². The summed E-state index contributed by atoms with van der Waals surface area (Å²) in [6.07, 6.45) is 0. The molecule has 70 valence electrons. The van der Waals surface area contributed by atoms with E-state index >= 15 is 0 Å². The highest BCUT2D eigenvalue weighted by Gasteiger charge is 2.00. The first-order valence-corrected chi connectivity index (χ1v) is 4.60. The van der Waals surface area contributed by atoms with Crippen molar-refractivity contribution in [2.75, 3.05) is 11.9 Å². The third kappa shape index (κ3) is 3.06. The van der Waals surface area contributed by atoms with Crippen molar-refractivity contribution in [1.29, 1.82) is 0 Å². The average molecular weight is 244 g/mol. The number of hydrogen-bond acceptors (Lipinski definition) is 2. The highest BCUT2D eigenvalue weighted by atomic mass is 79.9. The molecule has 0 saturated carbocycles. The smallest absolute Gasteiger partial charge is 0.322 e. The first-order chi connectivity index (χ1) is 6.09. The van der Waals surface area contributed by atoms with Crippen LogP contribution in [-0.4, -0.2) is 17.6 Å². The molecule has 4 heteroatoms. The maximum Gasteiger partial charge on any atom is 0.322 e. The van der Waals surface area contributed by atoms with Crippen molar-refractivity contribution in [2.45, 2.75) is 6.92 Å². The van der Waals surface area contributed by atoms with Gasteiger partial charge in [0.1, 0.15) is 6.54 Å². The molecule has 0 aliphatic rings. The monoisotopic (exact) mass is 243 g/mol. The Labute approximate surface area is 84.9 Å². The summed E-state index contributed by atoms with van der Waals surface area (Å²) in [5.41, 5.74) is 1.88. The maximum atomic E-state index is 10.3. The molecular formula is C9H10BrNO2. The Morgan fingerprint density at radius 2 is 2.31 bits per heavy atom. The van der Waals surface area contributed by atoms with Crippen LogP contribution in [0.4, 0.5) is 5.69 Å². The molecule has 13 heavy (non-hydrogen) atoms. The summed E-state index contributed by atoms with van der Waals surface area (Å²) in [5, 5.41) is 11.3. The molecule has 1 aromatic rings. The molecule has 0 spiro atoms. The SMILES string of the molecule is Cc1cc(Br)ccc1NCC(=O)O. The summed E-state index contributed by atoms with van der Waals surface area (Å²) >= 11 is 3.33. The van der Waals surface area contributed by atoms with E-state index in [1.165, 1.54) is 0 Å². The largest absolute Gasteiger partial charge is 0.480 e. The summed E-state index contributed by atoms with van der Waals surface area (Å²) in [6.45, 7) is 1.87. The van der Waals surface area contributed by atoms with Crippen molar-refractivity contribution in [1.82, 2.24) is 0 Å². The number of carbonyl (C=O) groups is 1. The van der Waals surface area contributed by atoms with E-state index in [0.717, 1.165) is 15.7 Å². The molecule has 0 aromatic heterocycles. The molecule has 1 aromatic carbocycles. The Balaban J connectivity index is 2.72. The zero-order chi connectivity index (χ0) is 9.84. The Morgan fingerprint density at radius 3 is 2.85 bits per heavy atom. The quantitative estimate of drug-likeness (QED) is 0.857. The second-order valence-electron chi connectivity index (χ2n) is 2.71. The number of anilines is 1. The molecule has 0 heterocycles. The minimum absolute atomic E-state index is 0.0531. The average Bonchev–Trinajstić information content (AvgIpc) is 2.02. The van der Waals surface area contributed by atoms with Gasteiger partial charge in [-0.15, -0.1) is 0 Å². The van der Waals surface area contributed by atoms with Crippen LogP contribution in [0.5, 0.6) is 0 Å². The third-order valence-corrected chi connectivity index (χ3v) is 2.11. The summed E-state index contributed by atoms with van der Waals surface area (Å²) in [4.78, 5) is 10.3. The van der Waals surface area contributed by atoms with E-state index in [9.17, 15) is 4.79 Å². The Morgan fingerprint density at radius 1 is 1.62 bits per heavy atom. The highest BCUT2D eigenvalue weighted by molar-refractivity contribution is 9.10. The van der Waals surface area contributed by atoms with Gasteiger partial charge in [-0.05, 0) is 30.7 Å². The van der Waals surface area contributed by atoms with Crippen molar-refractivity contribution in [2.24, 2.45) is 0 Å². The molecule has 0 amide bonds. The number of nitrogens with one attached hydrogen (secondary N) is 1. The van der Waals surface area contributed by atoms with Gasteiger partial charge >= 0.3 is 5.97 Å². The molecule has 0 aliphatic carbocycles. The van der Waals surface area contributed by atoms with Crippen LogP contribution in [0.15, 0.2) is 22.7 Å². The summed E-state index contributed by atoms with van der Waals surface area (Å²) in [6, 6.07) is 5.66. The number of hydrogen-bond donors (Lipinski definition) is 2. The minimum Gasteiger partial charge on any atom is -0.480 e. The maximum absolute atomic E-state index is 10.3. The molecule has 0 radical (unpaired) electrons. The number of carboxylic acids is 1. The molecule has 0 bridgehead atoms. The van der Waals surface area contributed by atoms with Crippen LogP contribution in [-0.2, 0) is 4.79 Å². The number of benzene rings is 1. The second-order valence-corrected chi connectivity index (χ2v) is 3.62. The highest BCUT2D eigenvalue weighted by Crippen LogP contribution is 2.19. The third-order valence-electron chi connectivity index (χ3n) is 1.62. The van der Waals surface area contributed by atoms with Gasteiger partial charge in [0.25, 0.3) is 0 Å². The lowest BCUT2D eigenvalue weighted by atomic mass is 10.2. The van der Waals surface area contributed by atoms with Gasteiger partial charge in [-0.25, -0.2) is 0 Å². The van der Waals surface area contributed by atoms with Gasteiger partial charge in [0.15, 0.2) is 0 Å². The van der Waals surface area contributed by atoms with Gasteiger partial charge in [-0.1, -0.05) is 15.9 Å². The van der Waals surface area contributed by atoms with Gasteiger partial charge in [0, 0.05) is 10.2 Å². The fourth-order valence-corrected chi connectivity index (χ4v) is 1.47. The van der Waals surface area contributed by atoms with E-state index in [4.69, 9.17) is 5.11 Å². The van der Waals surface area contributed by atoms with Crippen molar-refractivity contribution in [3.05, 3.63) is 28.2 Å². The van der Waals surface area contributed by atoms with E-state index in [2.05, 4.69) is 21.2 Å². The van der Waals surface area contributed by atoms with Gasteiger partial charge in [-0.3, -0.25) is 4.79 Å². The van der Waals surface area contributed by atoms with Gasteiger partial charge in [0.05, 0.1) is 0 Å². The second kappa shape index (κ2) is 4.28. The van der Waals surface area contributed by atoms with Crippen LogP contribution in [0, 0.1) is 6.92 Å². The van der Waals surface area contributed by atoms with E-state index in [0.29, 0.717) is 0 Å². The summed E-state index contributed by atoms with van der Waals surface area (Å²) in [7, 11) is 0. The number of rotatable bonds is 3.